The fraction of sp³-hybridized carbons (Fsp3) is 0.786. The van der Waals surface area contributed by atoms with Gasteiger partial charge in [-0.3, -0.25) is 0 Å². The van der Waals surface area contributed by atoms with Gasteiger partial charge in [-0.2, -0.15) is 0 Å². The second-order valence-electron chi connectivity index (χ2n) is 4.76. The molecule has 0 aliphatic rings. The van der Waals surface area contributed by atoms with Gasteiger partial charge in [0.15, 0.2) is 5.13 Å². The van der Waals surface area contributed by atoms with E-state index < -0.39 is 0 Å². The third kappa shape index (κ3) is 4.58. The Morgan fingerprint density at radius 2 is 1.89 bits per heavy atom. The maximum Gasteiger partial charge on any atom is 0.185 e. The molecule has 0 aliphatic carbocycles. The fourth-order valence-corrected chi connectivity index (χ4v) is 2.74. The van der Waals surface area contributed by atoms with Gasteiger partial charge >= 0.3 is 0 Å². The zero-order valence-corrected chi connectivity index (χ0v) is 13.0. The standard InChI is InChI=1S/C14H27N3S/c1-5-7-9-17(10-8-6-2)14-16-13(11-18-14)12(3)15-4/h11-12,15H,5-10H2,1-4H3. The average Bonchev–Trinajstić information content (AvgIpc) is 2.87. The predicted molar refractivity (Wildman–Crippen MR) is 81.6 cm³/mol. The van der Waals surface area contributed by atoms with Crippen molar-refractivity contribution in [1.82, 2.24) is 10.3 Å². The summed E-state index contributed by atoms with van der Waals surface area (Å²) in [5.41, 5.74) is 1.16. The Morgan fingerprint density at radius 3 is 2.39 bits per heavy atom. The quantitative estimate of drug-likeness (QED) is 0.738. The first-order valence-corrected chi connectivity index (χ1v) is 7.98. The zero-order chi connectivity index (χ0) is 13.4. The Labute approximate surface area is 116 Å². The molecule has 1 rings (SSSR count). The Hall–Kier alpha value is -0.610. The van der Waals surface area contributed by atoms with E-state index in [2.05, 4.69) is 36.4 Å². The summed E-state index contributed by atoms with van der Waals surface area (Å²) in [5, 5.41) is 6.62. The summed E-state index contributed by atoms with van der Waals surface area (Å²) in [6.07, 6.45) is 4.99. The molecule has 3 nitrogen and oxygen atoms in total. The van der Waals surface area contributed by atoms with Crippen LogP contribution in [0.25, 0.3) is 0 Å². The molecular weight excluding hydrogens is 242 g/mol. The van der Waals surface area contributed by atoms with Crippen LogP contribution in [0.5, 0.6) is 0 Å². The lowest BCUT2D eigenvalue weighted by molar-refractivity contribution is 0.631. The van der Waals surface area contributed by atoms with E-state index in [1.54, 1.807) is 11.3 Å². The van der Waals surface area contributed by atoms with E-state index in [9.17, 15) is 0 Å². The molecule has 1 unspecified atom stereocenters. The molecule has 104 valence electrons. The molecule has 0 fully saturated rings. The lowest BCUT2D eigenvalue weighted by atomic mass is 10.2. The molecular formula is C14H27N3S. The van der Waals surface area contributed by atoms with Crippen LogP contribution < -0.4 is 10.2 Å². The monoisotopic (exact) mass is 269 g/mol. The van der Waals surface area contributed by atoms with Gasteiger partial charge in [0, 0.05) is 24.5 Å². The highest BCUT2D eigenvalue weighted by Crippen LogP contribution is 2.24. The Morgan fingerprint density at radius 1 is 1.28 bits per heavy atom. The first-order valence-electron chi connectivity index (χ1n) is 7.10. The molecule has 0 aliphatic heterocycles. The van der Waals surface area contributed by atoms with E-state index in [1.165, 1.54) is 30.8 Å². The average molecular weight is 269 g/mol. The van der Waals surface area contributed by atoms with Crippen molar-refractivity contribution in [3.05, 3.63) is 11.1 Å². The van der Waals surface area contributed by atoms with Gasteiger partial charge in [0.05, 0.1) is 5.69 Å². The third-order valence-corrected chi connectivity index (χ3v) is 4.14. The Kier molecular flexibility index (Phi) is 7.28. The van der Waals surface area contributed by atoms with Crippen LogP contribution in [0.1, 0.15) is 58.2 Å². The lowest BCUT2D eigenvalue weighted by Gasteiger charge is -2.21. The van der Waals surface area contributed by atoms with E-state index in [1.807, 2.05) is 7.05 Å². The van der Waals surface area contributed by atoms with Crippen LogP contribution in [0.2, 0.25) is 0 Å². The van der Waals surface area contributed by atoms with Crippen molar-refractivity contribution in [2.45, 2.75) is 52.5 Å². The number of nitrogens with one attached hydrogen (secondary N) is 1. The van der Waals surface area contributed by atoms with E-state index in [0.717, 1.165) is 18.8 Å². The molecule has 4 heteroatoms. The molecule has 1 atom stereocenters. The van der Waals surface area contributed by atoms with E-state index >= 15 is 0 Å². The number of aromatic nitrogens is 1. The van der Waals surface area contributed by atoms with Crippen LogP contribution in [0, 0.1) is 0 Å². The van der Waals surface area contributed by atoms with Crippen molar-refractivity contribution in [1.29, 1.82) is 0 Å². The SMILES string of the molecule is CCCCN(CCCC)c1nc(C(C)NC)cs1. The summed E-state index contributed by atoms with van der Waals surface area (Å²) in [7, 11) is 1.98. The van der Waals surface area contributed by atoms with Crippen LogP contribution in [0.4, 0.5) is 5.13 Å². The number of unbranched alkanes of at least 4 members (excludes halogenated alkanes) is 2. The third-order valence-electron chi connectivity index (χ3n) is 3.22. The molecule has 0 spiro atoms. The van der Waals surface area contributed by atoms with Crippen molar-refractivity contribution in [3.63, 3.8) is 0 Å². The van der Waals surface area contributed by atoms with Crippen LogP contribution in [0.15, 0.2) is 5.38 Å². The van der Waals surface area contributed by atoms with Crippen LogP contribution in [-0.2, 0) is 0 Å². The van der Waals surface area contributed by atoms with Crippen molar-refractivity contribution in [3.8, 4) is 0 Å². The lowest BCUT2D eigenvalue weighted by Crippen LogP contribution is -2.25. The second-order valence-corrected chi connectivity index (χ2v) is 5.60. The molecule has 0 saturated carbocycles. The van der Waals surface area contributed by atoms with Gasteiger partial charge in [-0.05, 0) is 26.8 Å². The van der Waals surface area contributed by atoms with Gasteiger partial charge in [-0.25, -0.2) is 4.98 Å². The highest BCUT2D eigenvalue weighted by molar-refractivity contribution is 7.13. The fourth-order valence-electron chi connectivity index (χ4n) is 1.77. The van der Waals surface area contributed by atoms with Gasteiger partial charge in [-0.1, -0.05) is 26.7 Å². The van der Waals surface area contributed by atoms with Gasteiger partial charge < -0.3 is 10.2 Å². The number of thiazole rings is 1. The highest BCUT2D eigenvalue weighted by atomic mass is 32.1. The largest absolute Gasteiger partial charge is 0.348 e. The number of hydrogen-bond donors (Lipinski definition) is 1. The van der Waals surface area contributed by atoms with Gasteiger partial charge in [0.1, 0.15) is 0 Å². The summed E-state index contributed by atoms with van der Waals surface area (Å²) in [4.78, 5) is 7.22. The maximum absolute atomic E-state index is 4.77. The molecule has 0 radical (unpaired) electrons. The number of nitrogens with zero attached hydrogens (tertiary/aromatic N) is 2. The number of rotatable bonds is 9. The molecule has 0 bridgehead atoms. The number of hydrogen-bond acceptors (Lipinski definition) is 4. The minimum Gasteiger partial charge on any atom is -0.348 e. The van der Waals surface area contributed by atoms with Gasteiger partial charge in [0.2, 0.25) is 0 Å². The minimum atomic E-state index is 0.342. The Balaban J connectivity index is 2.67. The molecule has 18 heavy (non-hydrogen) atoms. The summed E-state index contributed by atoms with van der Waals surface area (Å²) < 4.78 is 0. The summed E-state index contributed by atoms with van der Waals surface area (Å²) >= 11 is 1.78. The smallest absolute Gasteiger partial charge is 0.185 e. The number of anilines is 1. The zero-order valence-electron chi connectivity index (χ0n) is 12.2. The van der Waals surface area contributed by atoms with E-state index in [4.69, 9.17) is 4.98 Å². The Bertz CT molecular complexity index is 317. The molecule has 1 aromatic heterocycles. The van der Waals surface area contributed by atoms with Crippen LogP contribution in [0.3, 0.4) is 0 Å². The topological polar surface area (TPSA) is 28.2 Å². The molecule has 1 N–H and O–H groups in total. The van der Waals surface area contributed by atoms with Crippen molar-refractivity contribution >= 4 is 16.5 Å². The highest BCUT2D eigenvalue weighted by Gasteiger charge is 2.13. The summed E-state index contributed by atoms with van der Waals surface area (Å²) in [6.45, 7) is 8.92. The predicted octanol–water partition coefficient (Wildman–Crippen LogP) is 3.83. The summed E-state index contributed by atoms with van der Waals surface area (Å²) in [6, 6.07) is 0.342. The van der Waals surface area contributed by atoms with Crippen molar-refractivity contribution < 1.29 is 0 Å². The molecule has 0 saturated heterocycles. The van der Waals surface area contributed by atoms with Gasteiger partial charge in [-0.15, -0.1) is 11.3 Å². The first kappa shape index (κ1) is 15.4. The second kappa shape index (κ2) is 8.48. The molecule has 1 heterocycles. The van der Waals surface area contributed by atoms with Crippen LogP contribution >= 0.6 is 11.3 Å². The molecule has 1 aromatic rings. The summed E-state index contributed by atoms with van der Waals surface area (Å²) in [5.74, 6) is 0. The van der Waals surface area contributed by atoms with Crippen LogP contribution in [-0.4, -0.2) is 25.1 Å². The van der Waals surface area contributed by atoms with Gasteiger partial charge in [0.25, 0.3) is 0 Å². The van der Waals surface area contributed by atoms with Crippen molar-refractivity contribution in [2.75, 3.05) is 25.0 Å². The first-order chi connectivity index (χ1) is 8.72. The van der Waals surface area contributed by atoms with E-state index in [0.29, 0.717) is 6.04 Å². The van der Waals surface area contributed by atoms with E-state index in [-0.39, 0.29) is 0 Å². The molecule has 0 aromatic carbocycles. The molecule has 0 amide bonds. The maximum atomic E-state index is 4.77. The minimum absolute atomic E-state index is 0.342. The normalized spacial score (nSPS) is 12.7. The van der Waals surface area contributed by atoms with Crippen molar-refractivity contribution in [2.24, 2.45) is 0 Å².